The van der Waals surface area contributed by atoms with Gasteiger partial charge in [-0.2, -0.15) is 0 Å². The van der Waals surface area contributed by atoms with E-state index in [1.165, 1.54) is 7.11 Å². The second kappa shape index (κ2) is 7.74. The molecule has 0 fully saturated rings. The monoisotopic (exact) mass is 337 g/mol. The molecule has 0 aliphatic carbocycles. The highest BCUT2D eigenvalue weighted by Gasteiger charge is 2.26. The largest absolute Gasteiger partial charge is 0.497 e. The average Bonchev–Trinajstić information content (AvgIpc) is 2.54. The van der Waals surface area contributed by atoms with Crippen molar-refractivity contribution in [3.63, 3.8) is 0 Å². The van der Waals surface area contributed by atoms with Crippen LogP contribution in [0.15, 0.2) is 36.4 Å². The molecule has 0 spiro atoms. The highest BCUT2D eigenvalue weighted by Crippen LogP contribution is 2.30. The Balaban J connectivity index is 2.29. The molecule has 1 amide bonds. The molecule has 24 heavy (non-hydrogen) atoms. The van der Waals surface area contributed by atoms with Crippen molar-refractivity contribution < 1.29 is 27.8 Å². The van der Waals surface area contributed by atoms with Crippen LogP contribution in [-0.2, 0) is 9.53 Å². The summed E-state index contributed by atoms with van der Waals surface area (Å²) in [5.74, 6) is -1.99. The van der Waals surface area contributed by atoms with Crippen LogP contribution in [0.4, 0.5) is 8.78 Å². The number of rotatable bonds is 7. The van der Waals surface area contributed by atoms with Gasteiger partial charge in [0.05, 0.1) is 12.7 Å². The maximum absolute atomic E-state index is 14.2. The van der Waals surface area contributed by atoms with Crippen LogP contribution in [0.25, 0.3) is 0 Å². The molecule has 0 aliphatic heterocycles. The zero-order chi connectivity index (χ0) is 17.7. The van der Waals surface area contributed by atoms with Gasteiger partial charge in [0.2, 0.25) is 0 Å². The van der Waals surface area contributed by atoms with Gasteiger partial charge < -0.3 is 19.9 Å². The third-order valence-corrected chi connectivity index (χ3v) is 3.20. The Morgan fingerprint density at radius 3 is 2.08 bits per heavy atom. The summed E-state index contributed by atoms with van der Waals surface area (Å²) >= 11 is 0. The van der Waals surface area contributed by atoms with Crippen molar-refractivity contribution in [2.24, 2.45) is 5.73 Å². The molecule has 0 bridgehead atoms. The Kier molecular flexibility index (Phi) is 5.70. The van der Waals surface area contributed by atoms with E-state index in [0.29, 0.717) is 11.5 Å². The lowest BCUT2D eigenvalue weighted by Gasteiger charge is -2.16. The first kappa shape index (κ1) is 17.7. The molecular weight excluding hydrogens is 320 g/mol. The van der Waals surface area contributed by atoms with Gasteiger partial charge >= 0.3 is 0 Å². The van der Waals surface area contributed by atoms with Crippen molar-refractivity contribution in [2.45, 2.75) is 13.0 Å². The molecule has 1 unspecified atom stereocenters. The van der Waals surface area contributed by atoms with E-state index < -0.39 is 29.2 Å². The number of nitrogens with two attached hydrogens (primary N) is 1. The van der Waals surface area contributed by atoms with Gasteiger partial charge in [0.1, 0.15) is 28.9 Å². The van der Waals surface area contributed by atoms with Crippen molar-refractivity contribution in [3.05, 3.63) is 53.6 Å². The molecule has 0 heterocycles. The first-order valence-electron chi connectivity index (χ1n) is 7.18. The van der Waals surface area contributed by atoms with Crippen LogP contribution in [0.5, 0.6) is 17.2 Å². The molecule has 1 atom stereocenters. The Bertz CT molecular complexity index is 696. The summed E-state index contributed by atoms with van der Waals surface area (Å²) in [7, 11) is 1.52. The minimum Gasteiger partial charge on any atom is -0.497 e. The molecule has 2 rings (SSSR count). The molecule has 0 aliphatic rings. The molecular formula is C17H17F2NO4. The smallest absolute Gasteiger partial charge is 0.251 e. The summed E-state index contributed by atoms with van der Waals surface area (Å²) in [5, 5.41) is 0. The maximum Gasteiger partial charge on any atom is 0.251 e. The number of halogens is 2. The van der Waals surface area contributed by atoms with Crippen molar-refractivity contribution in [3.8, 4) is 17.2 Å². The van der Waals surface area contributed by atoms with Gasteiger partial charge in [0.15, 0.2) is 6.10 Å². The fraction of sp³-hybridized carbons (Fsp3) is 0.235. The molecule has 0 saturated heterocycles. The first-order valence-corrected chi connectivity index (χ1v) is 7.18. The third-order valence-electron chi connectivity index (χ3n) is 3.20. The zero-order valence-electron chi connectivity index (χ0n) is 13.2. The first-order chi connectivity index (χ1) is 11.5. The van der Waals surface area contributed by atoms with E-state index in [-0.39, 0.29) is 12.4 Å². The quantitative estimate of drug-likeness (QED) is 0.841. The normalized spacial score (nSPS) is 11.8. The number of hydrogen-bond donors (Lipinski definition) is 1. The van der Waals surface area contributed by atoms with Gasteiger partial charge in [0, 0.05) is 18.7 Å². The SMILES string of the molecule is CCOC(C(N)=O)c1c(F)cc(Oc2ccc(OC)cc2)cc1F. The summed E-state index contributed by atoms with van der Waals surface area (Å²) in [6.45, 7) is 1.67. The number of carbonyl (C=O) groups is 1. The number of primary amides is 1. The van der Waals surface area contributed by atoms with Crippen molar-refractivity contribution in [1.29, 1.82) is 0 Å². The predicted octanol–water partition coefficient (Wildman–Crippen LogP) is 3.33. The second-order valence-corrected chi connectivity index (χ2v) is 4.82. The van der Waals surface area contributed by atoms with Crippen LogP contribution in [0.2, 0.25) is 0 Å². The number of amides is 1. The van der Waals surface area contributed by atoms with E-state index >= 15 is 0 Å². The number of ether oxygens (including phenoxy) is 3. The van der Waals surface area contributed by atoms with Crippen LogP contribution in [0.1, 0.15) is 18.6 Å². The van der Waals surface area contributed by atoms with E-state index in [1.54, 1.807) is 31.2 Å². The van der Waals surface area contributed by atoms with Crippen molar-refractivity contribution in [2.75, 3.05) is 13.7 Å². The number of carbonyl (C=O) groups excluding carboxylic acids is 1. The number of methoxy groups -OCH3 is 1. The lowest BCUT2D eigenvalue weighted by Crippen LogP contribution is -2.25. The Labute approximate surface area is 137 Å². The van der Waals surface area contributed by atoms with E-state index in [4.69, 9.17) is 19.9 Å². The van der Waals surface area contributed by atoms with Gasteiger partial charge in [-0.05, 0) is 31.2 Å². The molecule has 7 heteroatoms. The van der Waals surface area contributed by atoms with Crippen LogP contribution >= 0.6 is 0 Å². The Morgan fingerprint density at radius 2 is 1.62 bits per heavy atom. The van der Waals surface area contributed by atoms with Gasteiger partial charge in [-0.15, -0.1) is 0 Å². The summed E-state index contributed by atoms with van der Waals surface area (Å²) in [4.78, 5) is 11.4. The van der Waals surface area contributed by atoms with Gasteiger partial charge in [-0.25, -0.2) is 8.78 Å². The van der Waals surface area contributed by atoms with Crippen LogP contribution in [-0.4, -0.2) is 19.6 Å². The minimum absolute atomic E-state index is 0.0568. The molecule has 5 nitrogen and oxygen atoms in total. The fourth-order valence-corrected chi connectivity index (χ4v) is 2.12. The van der Waals surface area contributed by atoms with Gasteiger partial charge in [-0.1, -0.05) is 0 Å². The molecule has 0 saturated carbocycles. The molecule has 2 aromatic rings. The van der Waals surface area contributed by atoms with E-state index in [2.05, 4.69) is 0 Å². The second-order valence-electron chi connectivity index (χ2n) is 4.82. The summed E-state index contributed by atoms with van der Waals surface area (Å²) < 4.78 is 43.9. The summed E-state index contributed by atoms with van der Waals surface area (Å²) in [5.41, 5.74) is 4.61. The molecule has 2 N–H and O–H groups in total. The van der Waals surface area contributed by atoms with Crippen LogP contribution in [0, 0.1) is 11.6 Å². The Hall–Kier alpha value is -2.67. The third kappa shape index (κ3) is 3.99. The lowest BCUT2D eigenvalue weighted by atomic mass is 10.1. The van der Waals surface area contributed by atoms with E-state index in [1.807, 2.05) is 0 Å². The van der Waals surface area contributed by atoms with Crippen LogP contribution < -0.4 is 15.2 Å². The summed E-state index contributed by atoms with van der Waals surface area (Å²) in [6, 6.07) is 8.42. The highest BCUT2D eigenvalue weighted by molar-refractivity contribution is 5.80. The zero-order valence-corrected chi connectivity index (χ0v) is 13.2. The molecule has 0 radical (unpaired) electrons. The van der Waals surface area contributed by atoms with Crippen molar-refractivity contribution >= 4 is 5.91 Å². The van der Waals surface area contributed by atoms with E-state index in [0.717, 1.165) is 12.1 Å². The molecule has 0 aromatic heterocycles. The number of hydrogen-bond acceptors (Lipinski definition) is 4. The number of benzene rings is 2. The standard InChI is InChI=1S/C17H17F2NO4/c1-3-23-16(17(20)21)15-13(18)8-12(9-14(15)19)24-11-6-4-10(22-2)5-7-11/h4-9,16H,3H2,1-2H3,(H2,20,21). The maximum atomic E-state index is 14.2. The van der Waals surface area contributed by atoms with Gasteiger partial charge in [0.25, 0.3) is 5.91 Å². The lowest BCUT2D eigenvalue weighted by molar-refractivity contribution is -0.130. The predicted molar refractivity (Wildman–Crippen MR) is 83.0 cm³/mol. The average molecular weight is 337 g/mol. The van der Waals surface area contributed by atoms with Crippen molar-refractivity contribution in [1.82, 2.24) is 0 Å². The fourth-order valence-electron chi connectivity index (χ4n) is 2.12. The molecule has 128 valence electrons. The summed E-state index contributed by atoms with van der Waals surface area (Å²) in [6.07, 6.45) is -1.50. The van der Waals surface area contributed by atoms with Crippen LogP contribution in [0.3, 0.4) is 0 Å². The Morgan fingerprint density at radius 1 is 1.08 bits per heavy atom. The van der Waals surface area contributed by atoms with Gasteiger partial charge in [-0.3, -0.25) is 4.79 Å². The molecule has 2 aromatic carbocycles. The van der Waals surface area contributed by atoms with E-state index in [9.17, 15) is 13.6 Å². The minimum atomic E-state index is -1.50. The highest BCUT2D eigenvalue weighted by atomic mass is 19.1. The topological polar surface area (TPSA) is 70.8 Å².